The number of anilines is 1. The number of rotatable bonds is 4. The first kappa shape index (κ1) is 17.2. The van der Waals surface area contributed by atoms with Crippen molar-refractivity contribution in [3.05, 3.63) is 72.1 Å². The highest BCUT2D eigenvalue weighted by molar-refractivity contribution is 5.94. The van der Waals surface area contributed by atoms with Gasteiger partial charge in [0.15, 0.2) is 5.82 Å². The summed E-state index contributed by atoms with van der Waals surface area (Å²) in [5, 5.41) is 4.23. The van der Waals surface area contributed by atoms with E-state index in [-0.39, 0.29) is 0 Å². The molecule has 0 saturated carbocycles. The quantitative estimate of drug-likeness (QED) is 0.542. The molecule has 0 saturated heterocycles. The van der Waals surface area contributed by atoms with Crippen LogP contribution in [0.1, 0.15) is 18.1 Å². The number of nitrogens with one attached hydrogen (secondary N) is 1. The lowest BCUT2D eigenvalue weighted by Crippen LogP contribution is -2.00. The fourth-order valence-electron chi connectivity index (χ4n) is 3.33. The molecule has 0 aliphatic carbocycles. The second kappa shape index (κ2) is 7.16. The van der Waals surface area contributed by atoms with E-state index in [1.165, 1.54) is 22.3 Å². The molecule has 0 aliphatic rings. The van der Waals surface area contributed by atoms with Crippen molar-refractivity contribution in [3.63, 3.8) is 0 Å². The molecule has 0 spiro atoms. The number of hydrogen-bond donors (Lipinski definition) is 1. The van der Waals surface area contributed by atoms with E-state index in [0.717, 1.165) is 28.7 Å². The van der Waals surface area contributed by atoms with Gasteiger partial charge in [-0.25, -0.2) is 9.97 Å². The van der Waals surface area contributed by atoms with E-state index in [1.54, 1.807) is 12.4 Å². The molecule has 0 unspecified atom stereocenters. The van der Waals surface area contributed by atoms with Crippen molar-refractivity contribution in [2.45, 2.75) is 20.3 Å². The van der Waals surface area contributed by atoms with Crippen LogP contribution < -0.4 is 5.32 Å². The molecule has 1 N–H and O–H groups in total. The molecular formula is C23H22N4. The summed E-state index contributed by atoms with van der Waals surface area (Å²) >= 11 is 0. The standard InChI is InChI=1S/C23H22N4/c1-4-16-7-9-17(10-8-16)19-13-21-20(12-15(19)2)23(24-3)27-22(26-21)18-6-5-11-25-14-18/h5-14H,4H2,1-3H3,(H,24,26,27). The van der Waals surface area contributed by atoms with Gasteiger partial charge in [0, 0.05) is 30.4 Å². The van der Waals surface area contributed by atoms with Crippen LogP contribution in [0, 0.1) is 6.92 Å². The molecular weight excluding hydrogens is 332 g/mol. The molecule has 4 nitrogen and oxygen atoms in total. The number of aryl methyl sites for hydroxylation is 2. The first-order valence-corrected chi connectivity index (χ1v) is 9.19. The summed E-state index contributed by atoms with van der Waals surface area (Å²) < 4.78 is 0. The molecule has 134 valence electrons. The van der Waals surface area contributed by atoms with Gasteiger partial charge in [0.2, 0.25) is 0 Å². The van der Waals surface area contributed by atoms with E-state index in [0.29, 0.717) is 5.82 Å². The molecule has 4 rings (SSSR count). The fraction of sp³-hybridized carbons (Fsp3) is 0.174. The minimum Gasteiger partial charge on any atom is -0.373 e. The van der Waals surface area contributed by atoms with Crippen LogP contribution in [0.3, 0.4) is 0 Å². The van der Waals surface area contributed by atoms with Crippen LogP contribution in [0.4, 0.5) is 5.82 Å². The van der Waals surface area contributed by atoms with Crippen molar-refractivity contribution < 1.29 is 0 Å². The van der Waals surface area contributed by atoms with E-state index in [1.807, 2.05) is 19.2 Å². The van der Waals surface area contributed by atoms with E-state index in [4.69, 9.17) is 9.97 Å². The third-order valence-corrected chi connectivity index (χ3v) is 4.87. The maximum atomic E-state index is 4.82. The third kappa shape index (κ3) is 3.26. The molecule has 0 fully saturated rings. The average Bonchev–Trinajstić information content (AvgIpc) is 2.73. The van der Waals surface area contributed by atoms with Gasteiger partial charge >= 0.3 is 0 Å². The molecule has 0 bridgehead atoms. The summed E-state index contributed by atoms with van der Waals surface area (Å²) in [6.07, 6.45) is 4.59. The Kier molecular flexibility index (Phi) is 4.55. The SMILES string of the molecule is CCc1ccc(-c2cc3nc(-c4cccnc4)nc(NC)c3cc2C)cc1. The van der Waals surface area contributed by atoms with Gasteiger partial charge in [0.05, 0.1) is 5.52 Å². The van der Waals surface area contributed by atoms with E-state index in [2.05, 4.69) is 60.5 Å². The minimum atomic E-state index is 0.677. The molecule has 0 aliphatic heterocycles. The number of pyridine rings is 1. The zero-order valence-electron chi connectivity index (χ0n) is 15.8. The zero-order chi connectivity index (χ0) is 18.8. The van der Waals surface area contributed by atoms with Gasteiger partial charge < -0.3 is 5.32 Å². The van der Waals surface area contributed by atoms with Crippen LogP contribution >= 0.6 is 0 Å². The molecule has 0 atom stereocenters. The molecule has 0 radical (unpaired) electrons. The zero-order valence-corrected chi connectivity index (χ0v) is 15.8. The van der Waals surface area contributed by atoms with Gasteiger partial charge in [-0.1, -0.05) is 31.2 Å². The summed E-state index contributed by atoms with van der Waals surface area (Å²) in [4.78, 5) is 13.7. The molecule has 2 aromatic carbocycles. The number of benzene rings is 2. The van der Waals surface area contributed by atoms with Crippen molar-refractivity contribution in [1.29, 1.82) is 0 Å². The Labute approximate surface area is 159 Å². The second-order valence-electron chi connectivity index (χ2n) is 6.62. The van der Waals surface area contributed by atoms with E-state index in [9.17, 15) is 0 Å². The topological polar surface area (TPSA) is 50.7 Å². The highest BCUT2D eigenvalue weighted by atomic mass is 15.0. The monoisotopic (exact) mass is 354 g/mol. The predicted octanol–water partition coefficient (Wildman–Crippen LogP) is 5.27. The Morgan fingerprint density at radius 1 is 0.963 bits per heavy atom. The van der Waals surface area contributed by atoms with Crippen molar-refractivity contribution in [2.24, 2.45) is 0 Å². The van der Waals surface area contributed by atoms with E-state index < -0.39 is 0 Å². The first-order chi connectivity index (χ1) is 13.2. The molecule has 4 aromatic rings. The average molecular weight is 354 g/mol. The van der Waals surface area contributed by atoms with Crippen LogP contribution in [0.2, 0.25) is 0 Å². The Balaban J connectivity index is 1.91. The van der Waals surface area contributed by atoms with E-state index >= 15 is 0 Å². The van der Waals surface area contributed by atoms with Gasteiger partial charge in [-0.15, -0.1) is 0 Å². The van der Waals surface area contributed by atoms with Crippen molar-refractivity contribution in [1.82, 2.24) is 15.0 Å². The summed E-state index contributed by atoms with van der Waals surface area (Å²) in [6, 6.07) is 17.0. The summed E-state index contributed by atoms with van der Waals surface area (Å²) in [6.45, 7) is 4.31. The maximum Gasteiger partial charge on any atom is 0.163 e. The number of fused-ring (bicyclic) bond motifs is 1. The maximum absolute atomic E-state index is 4.82. The highest BCUT2D eigenvalue weighted by Crippen LogP contribution is 2.32. The van der Waals surface area contributed by atoms with Crippen molar-refractivity contribution in [2.75, 3.05) is 12.4 Å². The normalized spacial score (nSPS) is 10.9. The molecule has 4 heteroatoms. The Bertz CT molecular complexity index is 1090. The van der Waals surface area contributed by atoms with Gasteiger partial charge in [-0.3, -0.25) is 4.98 Å². The number of nitrogens with zero attached hydrogens (tertiary/aromatic N) is 3. The van der Waals surface area contributed by atoms with Crippen LogP contribution in [-0.4, -0.2) is 22.0 Å². The van der Waals surface area contributed by atoms with Gasteiger partial charge in [-0.2, -0.15) is 0 Å². The number of aromatic nitrogens is 3. The van der Waals surface area contributed by atoms with Crippen LogP contribution in [0.15, 0.2) is 60.9 Å². The highest BCUT2D eigenvalue weighted by Gasteiger charge is 2.12. The third-order valence-electron chi connectivity index (χ3n) is 4.87. The predicted molar refractivity (Wildman–Crippen MR) is 112 cm³/mol. The molecule has 2 heterocycles. The summed E-state index contributed by atoms with van der Waals surface area (Å²) in [5.41, 5.74) is 6.79. The minimum absolute atomic E-state index is 0.677. The summed E-state index contributed by atoms with van der Waals surface area (Å²) in [5.74, 6) is 1.51. The smallest absolute Gasteiger partial charge is 0.163 e. The van der Waals surface area contributed by atoms with Gasteiger partial charge in [0.1, 0.15) is 5.82 Å². The van der Waals surface area contributed by atoms with Gasteiger partial charge in [0.25, 0.3) is 0 Å². The van der Waals surface area contributed by atoms with Crippen LogP contribution in [0.25, 0.3) is 33.4 Å². The Morgan fingerprint density at radius 2 is 1.78 bits per heavy atom. The lowest BCUT2D eigenvalue weighted by molar-refractivity contribution is 1.14. The lowest BCUT2D eigenvalue weighted by Gasteiger charge is -2.13. The Hall–Kier alpha value is -3.27. The largest absolute Gasteiger partial charge is 0.373 e. The summed E-state index contributed by atoms with van der Waals surface area (Å²) in [7, 11) is 1.89. The van der Waals surface area contributed by atoms with Crippen molar-refractivity contribution in [3.8, 4) is 22.5 Å². The fourth-order valence-corrected chi connectivity index (χ4v) is 3.33. The Morgan fingerprint density at radius 3 is 2.44 bits per heavy atom. The van der Waals surface area contributed by atoms with Crippen molar-refractivity contribution >= 4 is 16.7 Å². The van der Waals surface area contributed by atoms with Crippen LogP contribution in [-0.2, 0) is 6.42 Å². The molecule has 2 aromatic heterocycles. The van der Waals surface area contributed by atoms with Crippen LogP contribution in [0.5, 0.6) is 0 Å². The first-order valence-electron chi connectivity index (χ1n) is 9.19. The number of hydrogen-bond acceptors (Lipinski definition) is 4. The lowest BCUT2D eigenvalue weighted by atomic mass is 9.97. The van der Waals surface area contributed by atoms with Gasteiger partial charge in [-0.05, 0) is 59.9 Å². The molecule has 27 heavy (non-hydrogen) atoms. The second-order valence-corrected chi connectivity index (χ2v) is 6.62. The molecule has 0 amide bonds.